The van der Waals surface area contributed by atoms with Crippen molar-refractivity contribution < 1.29 is 23.7 Å². The van der Waals surface area contributed by atoms with Crippen LogP contribution in [0.4, 0.5) is 11.5 Å². The van der Waals surface area contributed by atoms with Gasteiger partial charge in [-0.05, 0) is 11.1 Å². The molecular weight excluding hydrogens is 484 g/mol. The Kier molecular flexibility index (Phi) is 7.57. The minimum Gasteiger partial charge on any atom is -0.467 e. The number of benzene rings is 3. The first-order valence-electron chi connectivity index (χ1n) is 12.2. The van der Waals surface area contributed by atoms with E-state index in [1.54, 1.807) is 28.8 Å². The number of aryl methyl sites for hydroxylation is 1. The molecule has 0 saturated carbocycles. The van der Waals surface area contributed by atoms with Gasteiger partial charge < -0.3 is 29.2 Å². The van der Waals surface area contributed by atoms with Crippen molar-refractivity contribution >= 4 is 17.4 Å². The normalized spacial score (nSPS) is 12.3. The number of carbonyl (C=O) groups excluding carboxylic acids is 1. The Labute approximate surface area is 221 Å². The Bertz CT molecular complexity index is 1390. The molecule has 0 aliphatic carbocycles. The van der Waals surface area contributed by atoms with Gasteiger partial charge in [0.05, 0.1) is 11.4 Å². The van der Waals surface area contributed by atoms with E-state index >= 15 is 0 Å². The van der Waals surface area contributed by atoms with Gasteiger partial charge in [0, 0.05) is 58.1 Å². The Morgan fingerprint density at radius 3 is 2.24 bits per heavy atom. The fraction of sp³-hybridized carbons (Fsp3) is 0.241. The minimum absolute atomic E-state index is 0.0302. The number of fused-ring (bicyclic) bond motifs is 1. The smallest absolute Gasteiger partial charge is 0.260 e. The third-order valence-corrected chi connectivity index (χ3v) is 6.31. The van der Waals surface area contributed by atoms with Crippen LogP contribution in [0.15, 0.2) is 72.8 Å². The van der Waals surface area contributed by atoms with Crippen LogP contribution in [0.1, 0.15) is 21.5 Å². The van der Waals surface area contributed by atoms with E-state index in [1.165, 1.54) is 7.11 Å². The summed E-state index contributed by atoms with van der Waals surface area (Å²) >= 11 is 0. The van der Waals surface area contributed by atoms with Crippen LogP contribution < -0.4 is 14.8 Å². The summed E-state index contributed by atoms with van der Waals surface area (Å²) in [6.07, 6.45) is 0. The second-order valence-corrected chi connectivity index (χ2v) is 8.91. The number of carbonyl (C=O) groups is 1. The van der Waals surface area contributed by atoms with E-state index in [2.05, 4.69) is 10.4 Å². The molecule has 38 heavy (non-hydrogen) atoms. The first-order chi connectivity index (χ1) is 18.6. The number of nitrogens with one attached hydrogen (secondary N) is 1. The van der Waals surface area contributed by atoms with Crippen LogP contribution in [-0.4, -0.2) is 48.4 Å². The van der Waals surface area contributed by atoms with Gasteiger partial charge in [-0.3, -0.25) is 9.48 Å². The maximum absolute atomic E-state index is 14.0. The highest BCUT2D eigenvalue weighted by atomic mass is 16.7. The fourth-order valence-corrected chi connectivity index (χ4v) is 4.46. The van der Waals surface area contributed by atoms with E-state index in [0.717, 1.165) is 22.4 Å². The number of hydrogen-bond donors (Lipinski definition) is 1. The molecule has 1 amide bonds. The zero-order chi connectivity index (χ0) is 26.5. The summed E-state index contributed by atoms with van der Waals surface area (Å²) in [4.78, 5) is 15.8. The first kappa shape index (κ1) is 25.3. The zero-order valence-electron chi connectivity index (χ0n) is 21.6. The Hall–Kier alpha value is -4.34. The molecule has 1 aliphatic heterocycles. The SMILES string of the molecule is COCOc1cc(Nc2cc(-c3ccccc3)nn2C)c(C(=O)N2Cc3ccccc3C2)c(OCOC)c1. The second kappa shape index (κ2) is 11.4. The van der Waals surface area contributed by atoms with Crippen LogP contribution in [0, 0.1) is 0 Å². The van der Waals surface area contributed by atoms with Crippen LogP contribution >= 0.6 is 0 Å². The molecule has 0 saturated heterocycles. The maximum atomic E-state index is 14.0. The van der Waals surface area contributed by atoms with Crippen LogP contribution in [-0.2, 0) is 29.6 Å². The predicted molar refractivity (Wildman–Crippen MR) is 143 cm³/mol. The van der Waals surface area contributed by atoms with Crippen LogP contribution in [0.3, 0.4) is 0 Å². The lowest BCUT2D eigenvalue weighted by atomic mass is 10.1. The predicted octanol–water partition coefficient (Wildman–Crippen LogP) is 4.95. The Balaban J connectivity index is 1.55. The van der Waals surface area contributed by atoms with Crippen molar-refractivity contribution in [3.05, 3.63) is 89.5 Å². The van der Waals surface area contributed by atoms with Crippen LogP contribution in [0.2, 0.25) is 0 Å². The molecule has 9 nitrogen and oxygen atoms in total. The summed E-state index contributed by atoms with van der Waals surface area (Å²) in [5.74, 6) is 1.35. The molecule has 0 bridgehead atoms. The van der Waals surface area contributed by atoms with E-state index in [0.29, 0.717) is 41.7 Å². The van der Waals surface area contributed by atoms with Crippen molar-refractivity contribution in [2.24, 2.45) is 7.05 Å². The highest BCUT2D eigenvalue weighted by molar-refractivity contribution is 6.03. The summed E-state index contributed by atoms with van der Waals surface area (Å²) in [5.41, 5.74) is 4.96. The number of methoxy groups -OCH3 is 2. The number of amides is 1. The molecule has 0 radical (unpaired) electrons. The minimum atomic E-state index is -0.168. The zero-order valence-corrected chi connectivity index (χ0v) is 21.6. The number of hydrogen-bond acceptors (Lipinski definition) is 7. The quantitative estimate of drug-likeness (QED) is 0.300. The van der Waals surface area contributed by atoms with E-state index < -0.39 is 0 Å². The highest BCUT2D eigenvalue weighted by Crippen LogP contribution is 2.37. The topological polar surface area (TPSA) is 87.1 Å². The Morgan fingerprint density at radius 2 is 1.55 bits per heavy atom. The van der Waals surface area contributed by atoms with E-state index in [1.807, 2.05) is 67.7 Å². The third-order valence-electron chi connectivity index (χ3n) is 6.31. The average molecular weight is 515 g/mol. The molecule has 0 unspecified atom stereocenters. The summed E-state index contributed by atoms with van der Waals surface area (Å²) in [6, 6.07) is 23.4. The number of aromatic nitrogens is 2. The van der Waals surface area contributed by atoms with Gasteiger partial charge in [0.15, 0.2) is 13.6 Å². The molecule has 5 rings (SSSR count). The molecular formula is C29H30N4O5. The molecule has 0 atom stereocenters. The second-order valence-electron chi connectivity index (χ2n) is 8.91. The van der Waals surface area contributed by atoms with Gasteiger partial charge in [0.2, 0.25) is 0 Å². The van der Waals surface area contributed by atoms with Gasteiger partial charge in [0.25, 0.3) is 5.91 Å². The number of rotatable bonds is 10. The molecule has 1 aromatic heterocycles. The van der Waals surface area contributed by atoms with E-state index in [9.17, 15) is 4.79 Å². The molecule has 1 aliphatic rings. The maximum Gasteiger partial charge on any atom is 0.260 e. The van der Waals surface area contributed by atoms with E-state index in [4.69, 9.17) is 18.9 Å². The van der Waals surface area contributed by atoms with Crippen molar-refractivity contribution in [2.45, 2.75) is 13.1 Å². The third kappa shape index (κ3) is 5.34. The van der Waals surface area contributed by atoms with Crippen molar-refractivity contribution in [3.8, 4) is 22.8 Å². The highest BCUT2D eigenvalue weighted by Gasteiger charge is 2.29. The molecule has 3 aromatic carbocycles. The molecule has 2 heterocycles. The number of anilines is 2. The van der Waals surface area contributed by atoms with Gasteiger partial charge in [0.1, 0.15) is 22.9 Å². The largest absolute Gasteiger partial charge is 0.467 e. The van der Waals surface area contributed by atoms with Gasteiger partial charge in [-0.1, -0.05) is 54.6 Å². The van der Waals surface area contributed by atoms with E-state index in [-0.39, 0.29) is 19.5 Å². The van der Waals surface area contributed by atoms with Crippen molar-refractivity contribution in [1.29, 1.82) is 0 Å². The number of ether oxygens (including phenoxy) is 4. The van der Waals surface area contributed by atoms with Crippen LogP contribution in [0.25, 0.3) is 11.3 Å². The number of nitrogens with zero attached hydrogens (tertiary/aromatic N) is 3. The standard InChI is InChI=1S/C29H30N4O5/c1-32-27(15-24(31-32)20-9-5-4-6-10-20)30-25-13-23(37-18-35-2)14-26(38-19-36-3)28(25)29(34)33-16-21-11-7-8-12-22(21)17-33/h4-15,30H,16-19H2,1-3H3. The first-order valence-corrected chi connectivity index (χ1v) is 12.2. The fourth-order valence-electron chi connectivity index (χ4n) is 4.46. The monoisotopic (exact) mass is 514 g/mol. The van der Waals surface area contributed by atoms with Gasteiger partial charge >= 0.3 is 0 Å². The lowest BCUT2D eigenvalue weighted by Crippen LogP contribution is -2.27. The lowest BCUT2D eigenvalue weighted by molar-refractivity contribution is 0.0450. The lowest BCUT2D eigenvalue weighted by Gasteiger charge is -2.22. The molecule has 1 N–H and O–H groups in total. The Morgan fingerprint density at radius 1 is 0.895 bits per heavy atom. The summed E-state index contributed by atoms with van der Waals surface area (Å²) < 4.78 is 23.6. The van der Waals surface area contributed by atoms with Gasteiger partial charge in [-0.2, -0.15) is 5.10 Å². The van der Waals surface area contributed by atoms with Gasteiger partial charge in [-0.25, -0.2) is 0 Å². The van der Waals surface area contributed by atoms with Gasteiger partial charge in [-0.15, -0.1) is 0 Å². The summed E-state index contributed by atoms with van der Waals surface area (Å²) in [6.45, 7) is 1.05. The molecule has 196 valence electrons. The summed E-state index contributed by atoms with van der Waals surface area (Å²) in [5, 5.41) is 8.06. The average Bonchev–Trinajstić information content (AvgIpc) is 3.54. The molecule has 9 heteroatoms. The van der Waals surface area contributed by atoms with Crippen molar-refractivity contribution in [3.63, 3.8) is 0 Å². The van der Waals surface area contributed by atoms with Crippen LogP contribution in [0.5, 0.6) is 11.5 Å². The summed E-state index contributed by atoms with van der Waals surface area (Å²) in [7, 11) is 4.93. The van der Waals surface area contributed by atoms with Crippen molar-refractivity contribution in [1.82, 2.24) is 14.7 Å². The van der Waals surface area contributed by atoms with Crippen molar-refractivity contribution in [2.75, 3.05) is 33.1 Å². The molecule has 4 aromatic rings. The molecule has 0 spiro atoms. The molecule has 0 fully saturated rings.